The molecule has 22 rings (SSSR count). The normalized spacial score (nSPS) is 11.5. The minimum atomic E-state index is -0.242. The molecule has 614 valence electrons. The van der Waals surface area contributed by atoms with Crippen LogP contribution in [0.3, 0.4) is 0 Å². The predicted molar refractivity (Wildman–Crippen MR) is 515 cm³/mol. The Balaban J connectivity index is 0.000000130. The van der Waals surface area contributed by atoms with E-state index in [4.69, 9.17) is 0 Å². The molecule has 0 atom stereocenters. The van der Waals surface area contributed by atoms with E-state index < -0.39 is 0 Å². The topological polar surface area (TPSA) is 120 Å². The van der Waals surface area contributed by atoms with Gasteiger partial charge in [0.25, 0.3) is 0 Å². The van der Waals surface area contributed by atoms with Gasteiger partial charge >= 0.3 is 0 Å². The molecule has 0 aliphatic heterocycles. The number of hydrogen-bond acceptors (Lipinski definition) is 6. The van der Waals surface area contributed by atoms with Gasteiger partial charge in [0, 0.05) is 189 Å². The summed E-state index contributed by atoms with van der Waals surface area (Å²) < 4.78 is 9.12. The third-order valence-electron chi connectivity index (χ3n) is 23.7. The third kappa shape index (κ3) is 16.7. The first kappa shape index (κ1) is 83.5. The van der Waals surface area contributed by atoms with Crippen LogP contribution in [0, 0.1) is 12.1 Å². The average molecular weight is 1990 g/mol. The Hall–Kier alpha value is -14.7. The smallest absolute Gasteiger partial charge is 0.189 e. The van der Waals surface area contributed by atoms with E-state index in [0.717, 1.165) is 91.1 Å². The first-order chi connectivity index (χ1) is 60.9. The molecule has 6 aromatic heterocycles. The molecule has 2 N–H and O–H groups in total. The number of rotatable bonds is 14. The molecule has 0 unspecified atom stereocenters. The molecule has 0 aliphatic rings. The third-order valence-corrected chi connectivity index (χ3v) is 23.7. The molecule has 16 aromatic carbocycles. The molecular weight excluding hydrogens is 1900 g/mol. The number of hydrogen-bond donors (Lipinski definition) is 2. The molecule has 10 nitrogen and oxygen atoms in total. The van der Waals surface area contributed by atoms with Gasteiger partial charge in [-0.15, -0.1) is 71.8 Å². The molecule has 0 spiro atoms. The van der Waals surface area contributed by atoms with Gasteiger partial charge in [0.15, 0.2) is 11.6 Å². The second-order valence-electron chi connectivity index (χ2n) is 31.0. The van der Waals surface area contributed by atoms with E-state index in [0.29, 0.717) is 22.3 Å². The Morgan fingerprint density at radius 1 is 0.286 bits per heavy atom. The minimum absolute atomic E-state index is 0. The van der Waals surface area contributed by atoms with Gasteiger partial charge < -0.3 is 28.5 Å². The van der Waals surface area contributed by atoms with Crippen LogP contribution < -0.4 is 0 Å². The fourth-order valence-corrected chi connectivity index (χ4v) is 17.3. The van der Waals surface area contributed by atoms with Crippen molar-refractivity contribution in [3.05, 3.63) is 435 Å². The average Bonchev–Trinajstić information content (AvgIpc) is 1.62. The van der Waals surface area contributed by atoms with Gasteiger partial charge in [0.1, 0.15) is 11.5 Å². The number of aryl methyl sites for hydroxylation is 4. The minimum Gasteiger partial charge on any atom is -0.507 e. The molecule has 0 amide bonds. The van der Waals surface area contributed by atoms with Crippen molar-refractivity contribution in [3.63, 3.8) is 0 Å². The maximum absolute atomic E-state index is 13.1. The summed E-state index contributed by atoms with van der Waals surface area (Å²) in [6, 6.07) is 137. The molecule has 0 bridgehead atoms. The van der Waals surface area contributed by atoms with E-state index in [2.05, 4.69) is 262 Å². The van der Waals surface area contributed by atoms with E-state index in [1.807, 2.05) is 194 Å². The summed E-state index contributed by atoms with van der Waals surface area (Å²) in [5.41, 5.74) is 26.6. The van der Waals surface area contributed by atoms with Gasteiger partial charge in [0.2, 0.25) is 0 Å². The summed E-state index contributed by atoms with van der Waals surface area (Å²) in [5, 5.41) is 33.9. The molecular formula is C114H84Ir2N6O4-2. The SMILES string of the molecule is CCn1c2ccccc2c2cc(-c3ccc(C(=O)C=C(O)c4ccc(-c5ccc6c(c5)c5ccccc5n6CC)cc4)cc3)ccc21.Cn1c2ccccc2c2cc(-c3ccc(C(=O)C=C(O)c4ccc(-c5ccc6c(c5)c5ccccc5n6C)cc4)cc3)ccc21.[Ir].[Ir].[c-]1ccccc1-c1ccc2ccccc2n1.[c-]1ccccc1-c1ccc2ccccc2n1. The first-order valence-electron chi connectivity index (χ1n) is 41.8. The van der Waals surface area contributed by atoms with Gasteiger partial charge in [-0.2, -0.15) is 0 Å². The van der Waals surface area contributed by atoms with Crippen molar-refractivity contribution in [1.29, 1.82) is 0 Å². The van der Waals surface area contributed by atoms with Crippen LogP contribution in [-0.4, -0.2) is 50.0 Å². The maximum Gasteiger partial charge on any atom is 0.189 e. The number of pyridine rings is 2. The number of para-hydroxylation sites is 6. The Morgan fingerprint density at radius 3 is 0.897 bits per heavy atom. The maximum atomic E-state index is 13.1. The number of aromatic nitrogens is 6. The number of carbonyl (C=O) groups is 2. The fraction of sp³-hybridized carbons (Fsp3) is 0.0526. The van der Waals surface area contributed by atoms with E-state index in [1.54, 1.807) is 0 Å². The van der Waals surface area contributed by atoms with E-state index in [9.17, 15) is 19.8 Å². The van der Waals surface area contributed by atoms with E-state index >= 15 is 0 Å². The molecule has 126 heavy (non-hydrogen) atoms. The predicted octanol–water partition coefficient (Wildman–Crippen LogP) is 28.5. The second kappa shape index (κ2) is 36.7. The number of benzene rings is 16. The number of aliphatic hydroxyl groups is 2. The molecule has 0 aliphatic carbocycles. The number of fused-ring (bicyclic) bond motifs is 14. The zero-order valence-electron chi connectivity index (χ0n) is 69.6. The molecule has 2 radical (unpaired) electrons. The Kier molecular flexibility index (Phi) is 24.4. The zero-order valence-corrected chi connectivity index (χ0v) is 74.4. The van der Waals surface area contributed by atoms with Crippen molar-refractivity contribution in [3.8, 4) is 67.0 Å². The number of carbonyl (C=O) groups excluding carboxylic acids is 2. The van der Waals surface area contributed by atoms with Crippen LogP contribution in [0.2, 0.25) is 0 Å². The number of aliphatic hydroxyl groups excluding tert-OH is 2. The Labute approximate surface area is 757 Å². The second-order valence-corrected chi connectivity index (χ2v) is 31.0. The van der Waals surface area contributed by atoms with Crippen molar-refractivity contribution < 1.29 is 60.0 Å². The van der Waals surface area contributed by atoms with Crippen molar-refractivity contribution >= 4 is 132 Å². The molecule has 0 saturated carbocycles. The van der Waals surface area contributed by atoms with Gasteiger partial charge in [0.05, 0.1) is 11.0 Å². The van der Waals surface area contributed by atoms with Gasteiger partial charge in [-0.1, -0.05) is 255 Å². The van der Waals surface area contributed by atoms with E-state index in [-0.39, 0.29) is 63.3 Å². The van der Waals surface area contributed by atoms with Crippen LogP contribution in [0.25, 0.3) is 188 Å². The summed E-state index contributed by atoms with van der Waals surface area (Å²) >= 11 is 0. The molecule has 6 heterocycles. The van der Waals surface area contributed by atoms with Crippen LogP contribution in [0.5, 0.6) is 0 Å². The number of allylic oxidation sites excluding steroid dienone is 2. The Morgan fingerprint density at radius 2 is 0.556 bits per heavy atom. The van der Waals surface area contributed by atoms with Crippen LogP contribution >= 0.6 is 0 Å². The van der Waals surface area contributed by atoms with Crippen molar-refractivity contribution in [2.75, 3.05) is 0 Å². The zero-order chi connectivity index (χ0) is 84.3. The first-order valence-corrected chi connectivity index (χ1v) is 41.8. The fourth-order valence-electron chi connectivity index (χ4n) is 17.3. The summed E-state index contributed by atoms with van der Waals surface area (Å²) in [6.45, 7) is 6.17. The molecule has 0 fully saturated rings. The number of ketones is 2. The summed E-state index contributed by atoms with van der Waals surface area (Å²) in [7, 11) is 4.19. The van der Waals surface area contributed by atoms with Crippen LogP contribution in [0.15, 0.2) is 400 Å². The van der Waals surface area contributed by atoms with Gasteiger partial charge in [-0.3, -0.25) is 19.6 Å². The van der Waals surface area contributed by atoms with E-state index in [1.165, 1.54) is 110 Å². The van der Waals surface area contributed by atoms with Crippen molar-refractivity contribution in [2.24, 2.45) is 14.1 Å². The quantitative estimate of drug-likeness (QED) is 0.0484. The van der Waals surface area contributed by atoms with Gasteiger partial charge in [-0.05, 0) is 165 Å². The van der Waals surface area contributed by atoms with Crippen LogP contribution in [0.1, 0.15) is 45.7 Å². The number of nitrogens with zero attached hydrogens (tertiary/aromatic N) is 6. The molecule has 0 saturated heterocycles. The Bertz CT molecular complexity index is 7770. The summed E-state index contributed by atoms with van der Waals surface area (Å²) in [6.07, 6.45) is 2.61. The molecule has 12 heteroatoms. The summed E-state index contributed by atoms with van der Waals surface area (Å²) in [5.74, 6) is -0.585. The largest absolute Gasteiger partial charge is 0.507 e. The monoisotopic (exact) mass is 1990 g/mol. The van der Waals surface area contributed by atoms with Crippen LogP contribution in [0.4, 0.5) is 0 Å². The van der Waals surface area contributed by atoms with Crippen LogP contribution in [-0.2, 0) is 67.4 Å². The molecule has 22 aromatic rings. The van der Waals surface area contributed by atoms with Gasteiger partial charge in [-0.25, -0.2) is 0 Å². The standard InChI is InChI=1S/C43H34N2O2.C41H30N2O2.2C15H10N.2Ir/c1-3-44-38-11-7-5-9-34(38)36-25-32(21-23-40(36)44)28-13-17-30(18-14-28)42(46)27-43(47)31-19-15-29(16-20-31)33-22-24-41-37(26-33)35-10-6-8-12-39(35)45(41)4-2;1-42-36-9-5-3-7-32(36)34-23-30(19-21-38(34)42)26-11-15-28(16-12-26)40(44)25-41(45)29-17-13-27(14-18-29)31-20-22-39-35(24-31)33-8-4-6-10-37(33)43(39)2;2*1-2-6-12(7-3-1)15-11-10-13-8-4-5-9-14(13)16-15;;/h5-27,46H,3-4H2,1-2H3;3-25,44H,1-2H3;2*1-6,8-11H;;/q;;2*-1;;. The van der Waals surface area contributed by atoms with Crippen molar-refractivity contribution in [1.82, 2.24) is 28.2 Å². The van der Waals surface area contributed by atoms with Crippen molar-refractivity contribution in [2.45, 2.75) is 26.9 Å². The summed E-state index contributed by atoms with van der Waals surface area (Å²) in [4.78, 5) is 35.4.